The number of anilines is 1. The number of nitrogens with zero attached hydrogens (tertiary/aromatic N) is 1. The Morgan fingerprint density at radius 3 is 2.64 bits per heavy atom. The fourth-order valence-electron chi connectivity index (χ4n) is 2.34. The van der Waals surface area contributed by atoms with E-state index < -0.39 is 34.5 Å². The van der Waals surface area contributed by atoms with Gasteiger partial charge >= 0.3 is 5.97 Å². The SMILES string of the molecule is C[C@@H](OC(=O)c1cc2cc([N+](=O)[O-])ccc2s1)C(=O)Nc1cc(F)ccc1F. The molecule has 0 saturated carbocycles. The highest BCUT2D eigenvalue weighted by molar-refractivity contribution is 7.20. The van der Waals surface area contributed by atoms with Gasteiger partial charge in [0.25, 0.3) is 11.6 Å². The van der Waals surface area contributed by atoms with E-state index in [0.29, 0.717) is 10.1 Å². The number of amides is 1. The van der Waals surface area contributed by atoms with Crippen molar-refractivity contribution in [1.82, 2.24) is 0 Å². The van der Waals surface area contributed by atoms with Crippen LogP contribution < -0.4 is 5.32 Å². The molecule has 1 aromatic heterocycles. The van der Waals surface area contributed by atoms with Crippen molar-refractivity contribution in [3.63, 3.8) is 0 Å². The van der Waals surface area contributed by atoms with E-state index in [1.807, 2.05) is 0 Å². The lowest BCUT2D eigenvalue weighted by Crippen LogP contribution is -2.30. The van der Waals surface area contributed by atoms with Gasteiger partial charge in [-0.05, 0) is 31.2 Å². The molecule has 0 aliphatic heterocycles. The molecule has 1 heterocycles. The number of nitro benzene ring substituents is 1. The van der Waals surface area contributed by atoms with Gasteiger partial charge in [0, 0.05) is 28.3 Å². The molecule has 28 heavy (non-hydrogen) atoms. The quantitative estimate of drug-likeness (QED) is 0.388. The lowest BCUT2D eigenvalue weighted by Gasteiger charge is -2.13. The van der Waals surface area contributed by atoms with Crippen LogP contribution in [0.5, 0.6) is 0 Å². The molecule has 1 N–H and O–H groups in total. The van der Waals surface area contributed by atoms with Gasteiger partial charge in [-0.2, -0.15) is 0 Å². The Hall–Kier alpha value is -3.40. The van der Waals surface area contributed by atoms with Crippen LogP contribution in [0.3, 0.4) is 0 Å². The van der Waals surface area contributed by atoms with Crippen molar-refractivity contribution in [1.29, 1.82) is 0 Å². The van der Waals surface area contributed by atoms with Crippen LogP contribution in [0, 0.1) is 21.7 Å². The van der Waals surface area contributed by atoms with Crippen molar-refractivity contribution in [2.45, 2.75) is 13.0 Å². The number of esters is 1. The van der Waals surface area contributed by atoms with Gasteiger partial charge in [0.2, 0.25) is 0 Å². The second kappa shape index (κ2) is 7.69. The summed E-state index contributed by atoms with van der Waals surface area (Å²) in [6.07, 6.45) is -1.28. The van der Waals surface area contributed by atoms with E-state index in [2.05, 4.69) is 5.32 Å². The molecule has 1 amide bonds. The summed E-state index contributed by atoms with van der Waals surface area (Å²) in [4.78, 5) is 34.8. The van der Waals surface area contributed by atoms with E-state index in [4.69, 9.17) is 4.74 Å². The van der Waals surface area contributed by atoms with Crippen LogP contribution in [0.25, 0.3) is 10.1 Å². The van der Waals surface area contributed by atoms with Crippen molar-refractivity contribution < 1.29 is 28.0 Å². The number of halogens is 2. The normalized spacial score (nSPS) is 11.8. The van der Waals surface area contributed by atoms with Crippen LogP contribution in [0.2, 0.25) is 0 Å². The summed E-state index contributed by atoms with van der Waals surface area (Å²) < 4.78 is 32.5. The number of hydrogen-bond acceptors (Lipinski definition) is 6. The molecule has 7 nitrogen and oxygen atoms in total. The molecule has 0 saturated heterocycles. The van der Waals surface area contributed by atoms with Crippen LogP contribution in [0.1, 0.15) is 16.6 Å². The average molecular weight is 406 g/mol. The fraction of sp³-hybridized carbons (Fsp3) is 0.111. The molecule has 0 aliphatic rings. The van der Waals surface area contributed by atoms with Crippen LogP contribution in [0.4, 0.5) is 20.2 Å². The van der Waals surface area contributed by atoms with Crippen LogP contribution in [-0.4, -0.2) is 22.9 Å². The second-order valence-electron chi connectivity index (χ2n) is 5.75. The van der Waals surface area contributed by atoms with Gasteiger partial charge in [-0.25, -0.2) is 13.6 Å². The number of carbonyl (C=O) groups is 2. The minimum Gasteiger partial charge on any atom is -0.448 e. The minimum absolute atomic E-state index is 0.116. The molecule has 10 heteroatoms. The average Bonchev–Trinajstić information content (AvgIpc) is 3.08. The van der Waals surface area contributed by atoms with Gasteiger partial charge in [-0.15, -0.1) is 11.3 Å². The van der Waals surface area contributed by atoms with Gasteiger partial charge in [0.05, 0.1) is 10.6 Å². The minimum atomic E-state index is -1.28. The maximum Gasteiger partial charge on any atom is 0.349 e. The third-order valence-corrected chi connectivity index (χ3v) is 4.85. The zero-order valence-corrected chi connectivity index (χ0v) is 15.1. The Morgan fingerprint density at radius 1 is 1.18 bits per heavy atom. The third kappa shape index (κ3) is 4.12. The molecular formula is C18H12F2N2O5S. The van der Waals surface area contributed by atoms with E-state index in [1.54, 1.807) is 0 Å². The zero-order valence-electron chi connectivity index (χ0n) is 14.3. The summed E-state index contributed by atoms with van der Waals surface area (Å²) in [6.45, 7) is 1.28. The summed E-state index contributed by atoms with van der Waals surface area (Å²) in [5, 5.41) is 13.5. The Kier molecular flexibility index (Phi) is 5.32. The number of benzene rings is 2. The Balaban J connectivity index is 1.71. The number of hydrogen-bond donors (Lipinski definition) is 1. The topological polar surface area (TPSA) is 98.5 Å². The number of rotatable bonds is 5. The monoisotopic (exact) mass is 406 g/mol. The van der Waals surface area contributed by atoms with Gasteiger partial charge in [0.15, 0.2) is 6.10 Å². The number of thiophene rings is 1. The first-order valence-electron chi connectivity index (χ1n) is 7.89. The summed E-state index contributed by atoms with van der Waals surface area (Å²) in [5.41, 5.74) is -0.489. The van der Waals surface area contributed by atoms with Gasteiger partial charge < -0.3 is 10.1 Å². The lowest BCUT2D eigenvalue weighted by atomic mass is 10.2. The second-order valence-corrected chi connectivity index (χ2v) is 6.83. The van der Waals surface area contributed by atoms with Gasteiger partial charge in [0.1, 0.15) is 16.5 Å². The first-order chi connectivity index (χ1) is 13.2. The van der Waals surface area contributed by atoms with Crippen molar-refractivity contribution in [2.75, 3.05) is 5.32 Å². The molecule has 3 rings (SSSR count). The molecule has 0 aliphatic carbocycles. The maximum absolute atomic E-state index is 13.6. The van der Waals surface area contributed by atoms with E-state index in [9.17, 15) is 28.5 Å². The first-order valence-corrected chi connectivity index (χ1v) is 8.71. The highest BCUT2D eigenvalue weighted by Gasteiger charge is 2.22. The van der Waals surface area contributed by atoms with E-state index in [-0.39, 0.29) is 16.3 Å². The van der Waals surface area contributed by atoms with Crippen LogP contribution in [-0.2, 0) is 9.53 Å². The predicted octanol–water partition coefficient (Wildman–Crippen LogP) is 4.27. The summed E-state index contributed by atoms with van der Waals surface area (Å²) in [6, 6.07) is 8.14. The molecule has 1 atom stereocenters. The third-order valence-electron chi connectivity index (χ3n) is 3.75. The number of fused-ring (bicyclic) bond motifs is 1. The number of non-ortho nitro benzene ring substituents is 1. The summed E-state index contributed by atoms with van der Waals surface area (Å²) in [5.74, 6) is -3.22. The molecule has 2 aromatic carbocycles. The molecule has 0 fully saturated rings. The molecule has 0 bridgehead atoms. The Bertz CT molecular complexity index is 1100. The number of ether oxygens (including phenoxy) is 1. The van der Waals surface area contributed by atoms with Crippen LogP contribution in [0.15, 0.2) is 42.5 Å². The standard InChI is InChI=1S/C18H12F2N2O5S/c1-9(17(23)21-14-8-11(19)2-4-13(14)20)27-18(24)16-7-10-6-12(22(25)26)3-5-15(10)28-16/h2-9H,1H3,(H,21,23)/t9-/m1/s1. The van der Waals surface area contributed by atoms with Gasteiger partial charge in [-0.3, -0.25) is 14.9 Å². The van der Waals surface area contributed by atoms with Crippen molar-refractivity contribution in [2.24, 2.45) is 0 Å². The van der Waals surface area contributed by atoms with E-state index >= 15 is 0 Å². The largest absolute Gasteiger partial charge is 0.448 e. The Morgan fingerprint density at radius 2 is 1.93 bits per heavy atom. The lowest BCUT2D eigenvalue weighted by molar-refractivity contribution is -0.384. The molecule has 0 unspecified atom stereocenters. The molecule has 144 valence electrons. The smallest absolute Gasteiger partial charge is 0.349 e. The molecule has 3 aromatic rings. The number of nitro groups is 1. The summed E-state index contributed by atoms with van der Waals surface area (Å²) >= 11 is 1.05. The zero-order chi connectivity index (χ0) is 20.4. The van der Waals surface area contributed by atoms with E-state index in [0.717, 1.165) is 29.5 Å². The highest BCUT2D eigenvalue weighted by atomic mass is 32.1. The Labute approximate surface area is 160 Å². The van der Waals surface area contributed by atoms with Crippen LogP contribution >= 0.6 is 11.3 Å². The van der Waals surface area contributed by atoms with Crippen molar-refractivity contribution >= 4 is 44.7 Å². The van der Waals surface area contributed by atoms with E-state index in [1.165, 1.54) is 31.2 Å². The molecular weight excluding hydrogens is 394 g/mol. The highest BCUT2D eigenvalue weighted by Crippen LogP contribution is 2.29. The molecule has 0 radical (unpaired) electrons. The first kappa shape index (κ1) is 19.4. The van der Waals surface area contributed by atoms with Gasteiger partial charge in [-0.1, -0.05) is 0 Å². The number of carbonyl (C=O) groups excluding carboxylic acids is 2. The maximum atomic E-state index is 13.6. The predicted molar refractivity (Wildman–Crippen MR) is 98.3 cm³/mol. The fourth-order valence-corrected chi connectivity index (χ4v) is 3.27. The molecule has 0 spiro atoms. The summed E-state index contributed by atoms with van der Waals surface area (Å²) in [7, 11) is 0. The number of nitrogens with one attached hydrogen (secondary N) is 1. The van der Waals surface area contributed by atoms with Crippen molar-refractivity contribution in [3.05, 3.63) is 69.1 Å². The van der Waals surface area contributed by atoms with Crippen molar-refractivity contribution in [3.8, 4) is 0 Å².